The van der Waals surface area contributed by atoms with Gasteiger partial charge in [0.25, 0.3) is 0 Å². The standard InChI is InChI=1S/C22H28F2N6O2/c1-14(23)18-13-32-22(31)30(18)20-11-19(24)27-21(28-20)26-15(2)17-5-3-16(4-6-17)12-29-9-7-25-8-10-29/h3-6,11,14-15,18,25H,7-10,12-13H2,1-2H3,(H,26,27,28)/t14-,15-,18+/m0/s1. The smallest absolute Gasteiger partial charge is 0.416 e. The molecule has 2 aromatic rings. The first-order valence-corrected chi connectivity index (χ1v) is 10.8. The number of anilines is 2. The Kier molecular flexibility index (Phi) is 6.80. The van der Waals surface area contributed by atoms with Gasteiger partial charge in [0.2, 0.25) is 11.9 Å². The Bertz CT molecular complexity index is 937. The minimum atomic E-state index is -1.35. The van der Waals surface area contributed by atoms with E-state index in [0.717, 1.165) is 49.3 Å². The summed E-state index contributed by atoms with van der Waals surface area (Å²) in [6.45, 7) is 8.11. The van der Waals surface area contributed by atoms with Gasteiger partial charge in [-0.15, -0.1) is 0 Å². The summed E-state index contributed by atoms with van der Waals surface area (Å²) in [5.74, 6) is -0.834. The zero-order valence-corrected chi connectivity index (χ0v) is 18.2. The molecule has 2 fully saturated rings. The van der Waals surface area contributed by atoms with Crippen molar-refractivity contribution in [3.63, 3.8) is 0 Å². The Morgan fingerprint density at radius 2 is 1.94 bits per heavy atom. The summed E-state index contributed by atoms with van der Waals surface area (Å²) >= 11 is 0. The summed E-state index contributed by atoms with van der Waals surface area (Å²) in [5, 5.41) is 6.42. The van der Waals surface area contributed by atoms with Gasteiger partial charge in [-0.3, -0.25) is 9.80 Å². The van der Waals surface area contributed by atoms with Crippen molar-refractivity contribution in [3.05, 3.63) is 47.4 Å². The van der Waals surface area contributed by atoms with E-state index in [-0.39, 0.29) is 24.4 Å². The molecule has 172 valence electrons. The topological polar surface area (TPSA) is 82.6 Å². The van der Waals surface area contributed by atoms with Crippen LogP contribution in [0.2, 0.25) is 0 Å². The predicted molar refractivity (Wildman–Crippen MR) is 117 cm³/mol. The summed E-state index contributed by atoms with van der Waals surface area (Å²) in [6.07, 6.45) is -2.11. The number of nitrogens with zero attached hydrogens (tertiary/aromatic N) is 4. The number of amides is 1. The average molecular weight is 447 g/mol. The molecule has 32 heavy (non-hydrogen) atoms. The highest BCUT2D eigenvalue weighted by atomic mass is 19.1. The molecule has 2 aliphatic rings. The minimum absolute atomic E-state index is 0.0161. The molecule has 0 saturated carbocycles. The number of carbonyl (C=O) groups is 1. The first-order valence-electron chi connectivity index (χ1n) is 10.8. The number of nitrogens with one attached hydrogen (secondary N) is 2. The van der Waals surface area contributed by atoms with Crippen molar-refractivity contribution in [2.24, 2.45) is 0 Å². The second-order valence-corrected chi connectivity index (χ2v) is 8.20. The van der Waals surface area contributed by atoms with E-state index in [0.29, 0.717) is 0 Å². The third-order valence-corrected chi connectivity index (χ3v) is 5.81. The van der Waals surface area contributed by atoms with E-state index in [1.54, 1.807) is 0 Å². The summed E-state index contributed by atoms with van der Waals surface area (Å²) in [7, 11) is 0. The van der Waals surface area contributed by atoms with Crippen LogP contribution >= 0.6 is 0 Å². The summed E-state index contributed by atoms with van der Waals surface area (Å²) in [4.78, 5) is 23.5. The Labute approximate surface area is 186 Å². The zero-order chi connectivity index (χ0) is 22.7. The maximum absolute atomic E-state index is 14.2. The van der Waals surface area contributed by atoms with Gasteiger partial charge in [0.15, 0.2) is 0 Å². The lowest BCUT2D eigenvalue weighted by molar-refractivity contribution is 0.174. The molecule has 0 aliphatic carbocycles. The number of halogens is 2. The quantitative estimate of drug-likeness (QED) is 0.633. The Balaban J connectivity index is 1.45. The fourth-order valence-corrected chi connectivity index (χ4v) is 3.95. The lowest BCUT2D eigenvalue weighted by Crippen LogP contribution is -2.42. The van der Waals surface area contributed by atoms with E-state index in [4.69, 9.17) is 4.74 Å². The first-order chi connectivity index (χ1) is 15.4. The van der Waals surface area contributed by atoms with Gasteiger partial charge in [0, 0.05) is 38.8 Å². The molecule has 3 atom stereocenters. The van der Waals surface area contributed by atoms with Crippen LogP contribution < -0.4 is 15.5 Å². The molecule has 2 aliphatic heterocycles. The van der Waals surface area contributed by atoms with Gasteiger partial charge in [0.1, 0.15) is 24.6 Å². The van der Waals surface area contributed by atoms with E-state index in [1.165, 1.54) is 12.5 Å². The maximum Gasteiger partial charge on any atom is 0.416 e. The van der Waals surface area contributed by atoms with Crippen molar-refractivity contribution >= 4 is 17.9 Å². The van der Waals surface area contributed by atoms with Gasteiger partial charge in [-0.2, -0.15) is 14.4 Å². The van der Waals surface area contributed by atoms with Crippen LogP contribution in [0.15, 0.2) is 30.3 Å². The number of alkyl halides is 1. The van der Waals surface area contributed by atoms with E-state index in [1.807, 2.05) is 19.1 Å². The summed E-state index contributed by atoms with van der Waals surface area (Å²) < 4.78 is 33.0. The van der Waals surface area contributed by atoms with E-state index in [9.17, 15) is 13.6 Å². The Hall–Kier alpha value is -2.85. The van der Waals surface area contributed by atoms with Crippen LogP contribution in [-0.4, -0.2) is 66.0 Å². The molecule has 0 spiro atoms. The maximum atomic E-state index is 14.2. The number of aromatic nitrogens is 2. The number of ether oxygens (including phenoxy) is 1. The van der Waals surface area contributed by atoms with Gasteiger partial charge in [-0.25, -0.2) is 9.18 Å². The molecule has 1 aromatic heterocycles. The average Bonchev–Trinajstić information content (AvgIpc) is 3.16. The van der Waals surface area contributed by atoms with E-state index >= 15 is 0 Å². The van der Waals surface area contributed by atoms with Crippen LogP contribution in [0.3, 0.4) is 0 Å². The second-order valence-electron chi connectivity index (χ2n) is 8.20. The van der Waals surface area contributed by atoms with Crippen molar-refractivity contribution < 1.29 is 18.3 Å². The lowest BCUT2D eigenvalue weighted by Gasteiger charge is -2.27. The molecule has 0 unspecified atom stereocenters. The molecule has 1 amide bonds. The molecular weight excluding hydrogens is 418 g/mol. The SMILES string of the molecule is C[C@H](Nc1nc(F)cc(N2C(=O)OC[C@@H]2[C@H](C)F)n1)c1ccc(CN2CCNCC2)cc1. The van der Waals surface area contributed by atoms with Crippen molar-refractivity contribution in [2.75, 3.05) is 43.0 Å². The van der Waals surface area contributed by atoms with Crippen LogP contribution in [0.1, 0.15) is 31.0 Å². The number of piperazine rings is 1. The van der Waals surface area contributed by atoms with E-state index < -0.39 is 24.3 Å². The van der Waals surface area contributed by atoms with Crippen LogP contribution in [-0.2, 0) is 11.3 Å². The molecule has 2 N–H and O–H groups in total. The normalized spacial score (nSPS) is 21.3. The van der Waals surface area contributed by atoms with Crippen molar-refractivity contribution in [1.82, 2.24) is 20.2 Å². The number of hydrogen-bond acceptors (Lipinski definition) is 7. The Morgan fingerprint density at radius 3 is 2.62 bits per heavy atom. The molecule has 1 aromatic carbocycles. The first kappa shape index (κ1) is 22.3. The number of rotatable bonds is 7. The number of hydrogen-bond donors (Lipinski definition) is 2. The highest BCUT2D eigenvalue weighted by Crippen LogP contribution is 2.26. The van der Waals surface area contributed by atoms with Crippen LogP contribution in [0, 0.1) is 5.95 Å². The summed E-state index contributed by atoms with van der Waals surface area (Å²) in [6, 6.07) is 8.15. The van der Waals surface area contributed by atoms with Crippen LogP contribution in [0.25, 0.3) is 0 Å². The van der Waals surface area contributed by atoms with Crippen LogP contribution in [0.4, 0.5) is 25.3 Å². The van der Waals surface area contributed by atoms with Gasteiger partial charge in [-0.05, 0) is 25.0 Å². The molecular formula is C22H28F2N6O2. The number of benzene rings is 1. The van der Waals surface area contributed by atoms with Crippen molar-refractivity contribution in [2.45, 2.75) is 38.6 Å². The molecule has 8 nitrogen and oxygen atoms in total. The highest BCUT2D eigenvalue weighted by molar-refractivity contribution is 5.89. The molecule has 10 heteroatoms. The molecule has 4 rings (SSSR count). The molecule has 0 radical (unpaired) electrons. The van der Waals surface area contributed by atoms with E-state index in [2.05, 4.69) is 37.6 Å². The van der Waals surface area contributed by atoms with Crippen molar-refractivity contribution in [1.29, 1.82) is 0 Å². The number of cyclic esters (lactones) is 1. The third-order valence-electron chi connectivity index (χ3n) is 5.81. The zero-order valence-electron chi connectivity index (χ0n) is 18.2. The van der Waals surface area contributed by atoms with Crippen molar-refractivity contribution in [3.8, 4) is 0 Å². The van der Waals surface area contributed by atoms with Crippen LogP contribution in [0.5, 0.6) is 0 Å². The largest absolute Gasteiger partial charge is 0.447 e. The van der Waals surface area contributed by atoms with Gasteiger partial charge < -0.3 is 15.4 Å². The highest BCUT2D eigenvalue weighted by Gasteiger charge is 2.39. The fraction of sp³-hybridized carbons (Fsp3) is 0.500. The molecule has 2 saturated heterocycles. The lowest BCUT2D eigenvalue weighted by atomic mass is 10.1. The van der Waals surface area contributed by atoms with Gasteiger partial charge in [-0.1, -0.05) is 24.3 Å². The monoisotopic (exact) mass is 446 g/mol. The minimum Gasteiger partial charge on any atom is -0.447 e. The number of carbonyl (C=O) groups excluding carboxylic acids is 1. The Morgan fingerprint density at radius 1 is 1.22 bits per heavy atom. The fourth-order valence-electron chi connectivity index (χ4n) is 3.95. The molecule has 3 heterocycles. The second kappa shape index (κ2) is 9.74. The van der Waals surface area contributed by atoms with Gasteiger partial charge >= 0.3 is 6.09 Å². The predicted octanol–water partition coefficient (Wildman–Crippen LogP) is 2.88. The third kappa shape index (κ3) is 5.13. The van der Waals surface area contributed by atoms with Gasteiger partial charge in [0.05, 0.1) is 6.04 Å². The molecule has 0 bridgehead atoms. The summed E-state index contributed by atoms with van der Waals surface area (Å²) in [5.41, 5.74) is 2.21.